The van der Waals surface area contributed by atoms with Crippen LogP contribution in [0.3, 0.4) is 0 Å². The van der Waals surface area contributed by atoms with E-state index in [1.54, 1.807) is 27.7 Å². The van der Waals surface area contributed by atoms with Crippen molar-refractivity contribution >= 4 is 46.2 Å². The lowest BCUT2D eigenvalue weighted by atomic mass is 9.96. The van der Waals surface area contributed by atoms with E-state index in [0.29, 0.717) is 30.2 Å². The second-order valence-corrected chi connectivity index (χ2v) is 11.7. The Morgan fingerprint density at radius 3 is 2.61 bits per heavy atom. The molecule has 0 spiro atoms. The quantitative estimate of drug-likeness (QED) is 0.287. The summed E-state index contributed by atoms with van der Waals surface area (Å²) in [5, 5.41) is 27.6. The van der Waals surface area contributed by atoms with Crippen LogP contribution in [0.5, 0.6) is 5.88 Å². The molecular formula is C30H32FN7O6. The summed E-state index contributed by atoms with van der Waals surface area (Å²) in [5.74, 6) is -0.645. The Kier molecular flexibility index (Phi) is 8.14. The molecule has 2 unspecified atom stereocenters. The maximum absolute atomic E-state index is 16.4. The van der Waals surface area contributed by atoms with E-state index < -0.39 is 29.6 Å². The van der Waals surface area contributed by atoms with Crippen LogP contribution >= 0.6 is 0 Å². The number of nitrogens with zero attached hydrogens (tertiary/aromatic N) is 4. The average molecular weight is 606 g/mol. The molecule has 1 aliphatic heterocycles. The fraction of sp³-hybridized carbons (Fsp3) is 0.400. The molecule has 2 aliphatic rings. The molecule has 4 N–H and O–H groups in total. The number of hydrogen-bond donors (Lipinski definition) is 4. The number of urea groups is 1. The molecule has 3 heterocycles. The Morgan fingerprint density at radius 1 is 1.16 bits per heavy atom. The van der Waals surface area contributed by atoms with Crippen LogP contribution in [0, 0.1) is 30.0 Å². The predicted molar refractivity (Wildman–Crippen MR) is 159 cm³/mol. The molecule has 0 radical (unpaired) electrons. The molecule has 2 aromatic heterocycles. The third-order valence-corrected chi connectivity index (χ3v) is 7.40. The van der Waals surface area contributed by atoms with Gasteiger partial charge in [0.15, 0.2) is 5.82 Å². The summed E-state index contributed by atoms with van der Waals surface area (Å²) < 4.78 is 27.3. The standard InChI is InChI=1S/C30H32FN7O6/c1-15-20(13-34-26-25(15)38(29(41)42)7-8-43-26)19-10-17-11-22(36-27(39)35-18-6-5-16(9-18)12-32)33-14-21(17)24(23(19)31)37-28(40)44-30(2,3)4/h10-11,13-14,16,18H,5-9H2,1-4H3,(H,37,40)(H,41,42)(H2,33,35,36,39). The number of rotatable bonds is 4. The second kappa shape index (κ2) is 11.8. The molecule has 44 heavy (non-hydrogen) atoms. The van der Waals surface area contributed by atoms with E-state index in [1.165, 1.54) is 24.5 Å². The van der Waals surface area contributed by atoms with Crippen LogP contribution in [0.2, 0.25) is 0 Å². The Morgan fingerprint density at radius 2 is 1.93 bits per heavy atom. The largest absolute Gasteiger partial charge is 0.474 e. The minimum atomic E-state index is -1.20. The fourth-order valence-corrected chi connectivity index (χ4v) is 5.43. The number of aromatic nitrogens is 2. The van der Waals surface area contributed by atoms with Gasteiger partial charge < -0.3 is 19.9 Å². The highest BCUT2D eigenvalue weighted by Gasteiger charge is 2.30. The Balaban J connectivity index is 1.57. The van der Waals surface area contributed by atoms with Crippen molar-refractivity contribution in [3.8, 4) is 23.1 Å². The number of carbonyl (C=O) groups excluding carboxylic acids is 2. The fourth-order valence-electron chi connectivity index (χ4n) is 5.43. The van der Waals surface area contributed by atoms with E-state index in [9.17, 15) is 19.5 Å². The second-order valence-electron chi connectivity index (χ2n) is 11.7. The Labute approximate surface area is 252 Å². The van der Waals surface area contributed by atoms with Gasteiger partial charge in [-0.1, -0.05) is 0 Å². The van der Waals surface area contributed by atoms with Crippen molar-refractivity contribution in [1.29, 1.82) is 5.26 Å². The van der Waals surface area contributed by atoms with E-state index in [1.807, 2.05) is 0 Å². The maximum Gasteiger partial charge on any atom is 0.412 e. The van der Waals surface area contributed by atoms with Gasteiger partial charge in [-0.25, -0.2) is 28.7 Å². The molecule has 5 rings (SSSR count). The summed E-state index contributed by atoms with van der Waals surface area (Å²) in [6.07, 6.45) is 2.57. The van der Waals surface area contributed by atoms with Crippen molar-refractivity contribution in [2.75, 3.05) is 28.7 Å². The molecule has 1 aliphatic carbocycles. The van der Waals surface area contributed by atoms with Crippen molar-refractivity contribution in [2.24, 2.45) is 5.92 Å². The highest BCUT2D eigenvalue weighted by atomic mass is 19.1. The van der Waals surface area contributed by atoms with Gasteiger partial charge in [0.1, 0.15) is 23.7 Å². The van der Waals surface area contributed by atoms with E-state index in [4.69, 9.17) is 14.7 Å². The normalized spacial score (nSPS) is 17.7. The first-order valence-corrected chi connectivity index (χ1v) is 14.1. The van der Waals surface area contributed by atoms with Gasteiger partial charge in [-0.2, -0.15) is 5.26 Å². The number of benzene rings is 1. The first-order chi connectivity index (χ1) is 20.8. The van der Waals surface area contributed by atoms with Crippen molar-refractivity contribution < 1.29 is 33.4 Å². The molecule has 0 saturated heterocycles. The number of carboxylic acid groups (broad SMARTS) is 1. The van der Waals surface area contributed by atoms with E-state index >= 15 is 4.39 Å². The van der Waals surface area contributed by atoms with Crippen LogP contribution < -0.4 is 25.6 Å². The van der Waals surface area contributed by atoms with E-state index in [2.05, 4.69) is 32.0 Å². The molecule has 0 bridgehead atoms. The van der Waals surface area contributed by atoms with Gasteiger partial charge in [0.25, 0.3) is 0 Å². The molecule has 1 saturated carbocycles. The molecule has 1 aromatic carbocycles. The number of carbonyl (C=O) groups is 3. The highest BCUT2D eigenvalue weighted by molar-refractivity contribution is 6.05. The van der Waals surface area contributed by atoms with Crippen molar-refractivity contribution in [3.05, 3.63) is 35.9 Å². The summed E-state index contributed by atoms with van der Waals surface area (Å²) >= 11 is 0. The third kappa shape index (κ3) is 6.26. The number of nitriles is 1. The van der Waals surface area contributed by atoms with Crippen molar-refractivity contribution in [2.45, 2.75) is 58.6 Å². The molecule has 1 fully saturated rings. The van der Waals surface area contributed by atoms with Gasteiger partial charge in [0.2, 0.25) is 5.88 Å². The first-order valence-electron chi connectivity index (χ1n) is 14.1. The molecule has 3 aromatic rings. The third-order valence-electron chi connectivity index (χ3n) is 7.40. The zero-order chi connectivity index (χ0) is 31.8. The Bertz CT molecular complexity index is 1700. The van der Waals surface area contributed by atoms with Gasteiger partial charge in [0, 0.05) is 40.9 Å². The summed E-state index contributed by atoms with van der Waals surface area (Å²) in [7, 11) is 0. The first kappa shape index (κ1) is 30.3. The lowest BCUT2D eigenvalue weighted by Gasteiger charge is -2.29. The van der Waals surface area contributed by atoms with Crippen LogP contribution in [-0.4, -0.2) is 58.1 Å². The number of fused-ring (bicyclic) bond motifs is 2. The van der Waals surface area contributed by atoms with Gasteiger partial charge in [-0.05, 0) is 70.0 Å². The highest BCUT2D eigenvalue weighted by Crippen LogP contribution is 2.42. The number of amides is 4. The van der Waals surface area contributed by atoms with Crippen LogP contribution in [0.25, 0.3) is 21.9 Å². The summed E-state index contributed by atoms with van der Waals surface area (Å²) in [6, 6.07) is 4.62. The minimum absolute atomic E-state index is 0.0161. The number of nitrogens with one attached hydrogen (secondary N) is 3. The lowest BCUT2D eigenvalue weighted by molar-refractivity contribution is 0.0635. The summed E-state index contributed by atoms with van der Waals surface area (Å²) in [5.41, 5.74) is -0.193. The zero-order valence-electron chi connectivity index (χ0n) is 24.7. The molecule has 13 nitrogen and oxygen atoms in total. The van der Waals surface area contributed by atoms with Crippen LogP contribution in [0.4, 0.5) is 36.0 Å². The molecule has 14 heteroatoms. The predicted octanol–water partition coefficient (Wildman–Crippen LogP) is 5.78. The van der Waals surface area contributed by atoms with Gasteiger partial charge in [-0.3, -0.25) is 15.5 Å². The van der Waals surface area contributed by atoms with E-state index in [0.717, 1.165) is 4.90 Å². The number of hydrogen-bond acceptors (Lipinski definition) is 8. The van der Waals surface area contributed by atoms with Crippen molar-refractivity contribution in [1.82, 2.24) is 15.3 Å². The number of halogens is 1. The monoisotopic (exact) mass is 605 g/mol. The van der Waals surface area contributed by atoms with E-state index in [-0.39, 0.29) is 64.7 Å². The zero-order valence-corrected chi connectivity index (χ0v) is 24.7. The van der Waals surface area contributed by atoms with Crippen LogP contribution in [-0.2, 0) is 4.74 Å². The number of anilines is 3. The van der Waals surface area contributed by atoms with Crippen LogP contribution in [0.15, 0.2) is 24.5 Å². The van der Waals surface area contributed by atoms with Crippen molar-refractivity contribution in [3.63, 3.8) is 0 Å². The molecule has 4 amide bonds. The van der Waals surface area contributed by atoms with Gasteiger partial charge in [-0.15, -0.1) is 0 Å². The topological polar surface area (TPSA) is 179 Å². The molecular weight excluding hydrogens is 573 g/mol. The lowest BCUT2D eigenvalue weighted by Crippen LogP contribution is -2.37. The van der Waals surface area contributed by atoms with Gasteiger partial charge in [0.05, 0.1) is 18.3 Å². The number of pyridine rings is 2. The van der Waals surface area contributed by atoms with Crippen LogP contribution in [0.1, 0.15) is 45.6 Å². The molecule has 230 valence electrons. The smallest absolute Gasteiger partial charge is 0.412 e. The maximum atomic E-state index is 16.4. The minimum Gasteiger partial charge on any atom is -0.474 e. The number of ether oxygens (including phenoxy) is 2. The van der Waals surface area contributed by atoms with Gasteiger partial charge >= 0.3 is 18.2 Å². The SMILES string of the molecule is Cc1c(-c2cc3cc(NC(=O)NC4CCC(C#N)C4)ncc3c(NC(=O)OC(C)(C)C)c2F)cnc2c1N(C(=O)O)CCO2. The average Bonchev–Trinajstić information content (AvgIpc) is 3.40. The summed E-state index contributed by atoms with van der Waals surface area (Å²) in [6.45, 7) is 6.84. The summed E-state index contributed by atoms with van der Waals surface area (Å²) in [4.78, 5) is 47.0. The Hall–Kier alpha value is -5.19. The molecule has 2 atom stereocenters.